The molecular formula is C20H18ClN3O. The fourth-order valence-electron chi connectivity index (χ4n) is 2.43. The average molecular weight is 352 g/mol. The van der Waals surface area contributed by atoms with Gasteiger partial charge >= 0.3 is 0 Å². The van der Waals surface area contributed by atoms with Gasteiger partial charge in [-0.1, -0.05) is 48.0 Å². The molecule has 1 unspecified atom stereocenters. The van der Waals surface area contributed by atoms with E-state index < -0.39 is 0 Å². The fraction of sp³-hybridized carbons (Fsp3) is 0.100. The molecule has 1 heterocycles. The Morgan fingerprint density at radius 3 is 2.48 bits per heavy atom. The smallest absolute Gasteiger partial charge is 0.270 e. The summed E-state index contributed by atoms with van der Waals surface area (Å²) in [5.41, 5.74) is 3.08. The van der Waals surface area contributed by atoms with Gasteiger partial charge in [0.05, 0.1) is 17.9 Å². The van der Waals surface area contributed by atoms with E-state index in [1.165, 1.54) is 0 Å². The molecule has 0 saturated carbocycles. The minimum atomic E-state index is -0.203. The lowest BCUT2D eigenvalue weighted by atomic mass is 10.1. The number of aromatic nitrogens is 1. The highest BCUT2D eigenvalue weighted by Crippen LogP contribution is 2.20. The molecule has 1 amide bonds. The molecule has 0 bridgehead atoms. The molecule has 25 heavy (non-hydrogen) atoms. The van der Waals surface area contributed by atoms with Crippen LogP contribution in [0.4, 0.5) is 11.4 Å². The summed E-state index contributed by atoms with van der Waals surface area (Å²) >= 11 is 5.97. The molecule has 0 fully saturated rings. The molecular weight excluding hydrogens is 334 g/mol. The number of hydrogen-bond donors (Lipinski definition) is 2. The van der Waals surface area contributed by atoms with Gasteiger partial charge in [-0.3, -0.25) is 4.79 Å². The molecule has 1 aromatic heterocycles. The summed E-state index contributed by atoms with van der Waals surface area (Å²) in [5, 5.41) is 6.80. The van der Waals surface area contributed by atoms with Crippen LogP contribution < -0.4 is 10.6 Å². The molecule has 0 aliphatic rings. The Labute approximate surface area is 151 Å². The molecule has 126 valence electrons. The predicted octanol–water partition coefficient (Wildman–Crippen LogP) is 4.97. The number of anilines is 2. The van der Waals surface area contributed by atoms with Crippen molar-refractivity contribution in [3.8, 4) is 0 Å². The summed E-state index contributed by atoms with van der Waals surface area (Å²) in [7, 11) is 0. The predicted molar refractivity (Wildman–Crippen MR) is 101 cm³/mol. The Morgan fingerprint density at radius 1 is 1.00 bits per heavy atom. The number of benzene rings is 2. The van der Waals surface area contributed by atoms with E-state index in [-0.39, 0.29) is 11.9 Å². The maximum atomic E-state index is 12.3. The van der Waals surface area contributed by atoms with Gasteiger partial charge in [-0.05, 0) is 42.8 Å². The van der Waals surface area contributed by atoms with Gasteiger partial charge in [-0.2, -0.15) is 0 Å². The Bertz CT molecular complexity index is 850. The van der Waals surface area contributed by atoms with E-state index in [9.17, 15) is 4.79 Å². The first kappa shape index (κ1) is 17.0. The second kappa shape index (κ2) is 7.81. The van der Waals surface area contributed by atoms with Gasteiger partial charge in [0.1, 0.15) is 5.69 Å². The fourth-order valence-corrected chi connectivity index (χ4v) is 2.62. The maximum absolute atomic E-state index is 12.3. The Hall–Kier alpha value is -2.85. The number of nitrogens with zero attached hydrogens (tertiary/aromatic N) is 1. The zero-order chi connectivity index (χ0) is 17.6. The lowest BCUT2D eigenvalue weighted by molar-refractivity contribution is 0.0935. The van der Waals surface area contributed by atoms with Crippen LogP contribution in [0.5, 0.6) is 0 Å². The van der Waals surface area contributed by atoms with E-state index in [1.54, 1.807) is 12.3 Å². The van der Waals surface area contributed by atoms with Crippen molar-refractivity contribution in [2.45, 2.75) is 13.0 Å². The van der Waals surface area contributed by atoms with Gasteiger partial charge in [0.2, 0.25) is 0 Å². The average Bonchev–Trinajstić information content (AvgIpc) is 2.63. The monoisotopic (exact) mass is 351 g/mol. The third kappa shape index (κ3) is 4.58. The molecule has 3 rings (SSSR count). The van der Waals surface area contributed by atoms with Crippen molar-refractivity contribution in [1.82, 2.24) is 10.3 Å². The highest BCUT2D eigenvalue weighted by atomic mass is 35.5. The summed E-state index contributed by atoms with van der Waals surface area (Å²) in [5.74, 6) is -0.203. The summed E-state index contributed by atoms with van der Waals surface area (Å²) in [6.07, 6.45) is 1.63. The third-order valence-corrected chi connectivity index (χ3v) is 3.99. The highest BCUT2D eigenvalue weighted by Gasteiger charge is 2.12. The number of carbonyl (C=O) groups is 1. The number of nitrogens with one attached hydrogen (secondary N) is 2. The third-order valence-electron chi connectivity index (χ3n) is 3.76. The molecule has 2 aromatic carbocycles. The summed E-state index contributed by atoms with van der Waals surface area (Å²) in [6.45, 7) is 1.95. The number of pyridine rings is 1. The normalized spacial score (nSPS) is 11.6. The van der Waals surface area contributed by atoms with Crippen molar-refractivity contribution in [2.24, 2.45) is 0 Å². The summed E-state index contributed by atoms with van der Waals surface area (Å²) < 4.78 is 0. The molecule has 0 saturated heterocycles. The molecule has 0 aliphatic heterocycles. The van der Waals surface area contributed by atoms with E-state index in [2.05, 4.69) is 15.6 Å². The van der Waals surface area contributed by atoms with Crippen molar-refractivity contribution in [1.29, 1.82) is 0 Å². The number of halogens is 1. The first-order valence-electron chi connectivity index (χ1n) is 7.96. The lowest BCUT2D eigenvalue weighted by Gasteiger charge is -2.14. The largest absolute Gasteiger partial charge is 0.354 e. The number of rotatable bonds is 5. The molecule has 0 spiro atoms. The number of amides is 1. The minimum absolute atomic E-state index is 0.0836. The number of carbonyl (C=O) groups excluding carboxylic acids is 1. The molecule has 0 aliphatic carbocycles. The van der Waals surface area contributed by atoms with Crippen molar-refractivity contribution in [3.63, 3.8) is 0 Å². The molecule has 5 heteroatoms. The highest BCUT2D eigenvalue weighted by molar-refractivity contribution is 6.30. The minimum Gasteiger partial charge on any atom is -0.354 e. The zero-order valence-electron chi connectivity index (χ0n) is 13.7. The topological polar surface area (TPSA) is 54.0 Å². The molecule has 3 aromatic rings. The second-order valence-electron chi connectivity index (χ2n) is 5.67. The van der Waals surface area contributed by atoms with Gasteiger partial charge in [0.15, 0.2) is 0 Å². The van der Waals surface area contributed by atoms with Crippen LogP contribution in [0.2, 0.25) is 5.02 Å². The van der Waals surface area contributed by atoms with Gasteiger partial charge in [0, 0.05) is 10.7 Å². The van der Waals surface area contributed by atoms with Crippen molar-refractivity contribution in [2.75, 3.05) is 5.32 Å². The van der Waals surface area contributed by atoms with Crippen LogP contribution in [-0.4, -0.2) is 10.9 Å². The van der Waals surface area contributed by atoms with E-state index in [0.717, 1.165) is 16.9 Å². The van der Waals surface area contributed by atoms with Gasteiger partial charge < -0.3 is 10.6 Å². The first-order valence-corrected chi connectivity index (χ1v) is 8.34. The lowest BCUT2D eigenvalue weighted by Crippen LogP contribution is -2.27. The Kier molecular flexibility index (Phi) is 5.31. The standard InChI is InChI=1S/C20H18ClN3O/c1-14(15-6-3-2-4-7-15)23-20(25)19-11-10-18(13-22-19)24-17-9-5-8-16(21)12-17/h2-14,24H,1H3,(H,23,25). The van der Waals surface area contributed by atoms with E-state index in [0.29, 0.717) is 10.7 Å². The molecule has 4 nitrogen and oxygen atoms in total. The Morgan fingerprint density at radius 2 is 1.80 bits per heavy atom. The van der Waals surface area contributed by atoms with Gasteiger partial charge in [-0.25, -0.2) is 4.98 Å². The van der Waals surface area contributed by atoms with Crippen LogP contribution >= 0.6 is 11.6 Å². The van der Waals surface area contributed by atoms with Crippen LogP contribution in [0.1, 0.15) is 29.0 Å². The van der Waals surface area contributed by atoms with E-state index in [4.69, 9.17) is 11.6 Å². The quantitative estimate of drug-likeness (QED) is 0.682. The maximum Gasteiger partial charge on any atom is 0.270 e. The zero-order valence-corrected chi connectivity index (χ0v) is 14.5. The van der Waals surface area contributed by atoms with E-state index in [1.807, 2.05) is 67.6 Å². The van der Waals surface area contributed by atoms with Gasteiger partial charge in [-0.15, -0.1) is 0 Å². The van der Waals surface area contributed by atoms with Crippen LogP contribution in [0, 0.1) is 0 Å². The second-order valence-corrected chi connectivity index (χ2v) is 6.11. The van der Waals surface area contributed by atoms with Crippen LogP contribution in [0.15, 0.2) is 72.9 Å². The number of hydrogen-bond acceptors (Lipinski definition) is 3. The summed E-state index contributed by atoms with van der Waals surface area (Å²) in [6, 6.07) is 20.7. The Balaban J connectivity index is 1.64. The van der Waals surface area contributed by atoms with Crippen LogP contribution in [0.25, 0.3) is 0 Å². The molecule has 2 N–H and O–H groups in total. The van der Waals surface area contributed by atoms with Crippen LogP contribution in [0.3, 0.4) is 0 Å². The van der Waals surface area contributed by atoms with Gasteiger partial charge in [0.25, 0.3) is 5.91 Å². The van der Waals surface area contributed by atoms with Crippen molar-refractivity contribution >= 4 is 28.9 Å². The molecule has 1 atom stereocenters. The van der Waals surface area contributed by atoms with Crippen molar-refractivity contribution in [3.05, 3.63) is 89.2 Å². The SMILES string of the molecule is CC(NC(=O)c1ccc(Nc2cccc(Cl)c2)cn1)c1ccccc1. The molecule has 0 radical (unpaired) electrons. The van der Waals surface area contributed by atoms with Crippen LogP contribution in [-0.2, 0) is 0 Å². The first-order chi connectivity index (χ1) is 12.1. The van der Waals surface area contributed by atoms with E-state index >= 15 is 0 Å². The summed E-state index contributed by atoms with van der Waals surface area (Å²) in [4.78, 5) is 16.6. The van der Waals surface area contributed by atoms with Crippen molar-refractivity contribution < 1.29 is 4.79 Å².